The molecular formula is C21H23N5O2. The standard InChI is InChI=1S/C21H23N5O2/c1-14-20-24-18(11-19(27)23-17-6-3-7-17)13-25(20)8-9-26(14)21(28)16-5-2-4-15(10-16)12-22/h2,4-5,10,13-14,17H,3,6-9,11H2,1H3,(H,23,27)/t14-/m0/s1. The van der Waals surface area contributed by atoms with E-state index in [2.05, 4.69) is 16.4 Å². The molecule has 1 aliphatic carbocycles. The second-order valence-electron chi connectivity index (χ2n) is 7.52. The zero-order valence-corrected chi connectivity index (χ0v) is 15.9. The van der Waals surface area contributed by atoms with Gasteiger partial charge in [-0.05, 0) is 44.4 Å². The van der Waals surface area contributed by atoms with Crippen LogP contribution in [-0.2, 0) is 17.8 Å². The maximum absolute atomic E-state index is 12.9. The van der Waals surface area contributed by atoms with Crippen LogP contribution in [-0.4, -0.2) is 38.9 Å². The second-order valence-corrected chi connectivity index (χ2v) is 7.52. The van der Waals surface area contributed by atoms with Crippen LogP contribution < -0.4 is 5.32 Å². The smallest absolute Gasteiger partial charge is 0.254 e. The number of imidazole rings is 1. The Balaban J connectivity index is 1.47. The maximum atomic E-state index is 12.9. The largest absolute Gasteiger partial charge is 0.353 e. The lowest BCUT2D eigenvalue weighted by Gasteiger charge is -2.33. The summed E-state index contributed by atoms with van der Waals surface area (Å²) in [5, 5.41) is 12.1. The Morgan fingerprint density at radius 3 is 2.86 bits per heavy atom. The number of hydrogen-bond acceptors (Lipinski definition) is 4. The lowest BCUT2D eigenvalue weighted by molar-refractivity contribution is -0.121. The molecule has 1 aliphatic heterocycles. The van der Waals surface area contributed by atoms with Crippen LogP contribution in [0.5, 0.6) is 0 Å². The van der Waals surface area contributed by atoms with Crippen LogP contribution in [0.3, 0.4) is 0 Å². The van der Waals surface area contributed by atoms with Gasteiger partial charge in [0.15, 0.2) is 0 Å². The molecule has 1 N–H and O–H groups in total. The minimum absolute atomic E-state index is 0.00838. The topological polar surface area (TPSA) is 91.0 Å². The number of aromatic nitrogens is 2. The van der Waals surface area contributed by atoms with Crippen LogP contribution in [0.4, 0.5) is 0 Å². The van der Waals surface area contributed by atoms with Gasteiger partial charge in [-0.3, -0.25) is 9.59 Å². The van der Waals surface area contributed by atoms with Crippen LogP contribution in [0.2, 0.25) is 0 Å². The van der Waals surface area contributed by atoms with Gasteiger partial charge >= 0.3 is 0 Å². The molecule has 7 nitrogen and oxygen atoms in total. The highest BCUT2D eigenvalue weighted by molar-refractivity contribution is 5.94. The van der Waals surface area contributed by atoms with Gasteiger partial charge in [0.2, 0.25) is 5.91 Å². The number of amides is 2. The maximum Gasteiger partial charge on any atom is 0.254 e. The number of carbonyl (C=O) groups is 2. The molecule has 2 aliphatic rings. The van der Waals surface area contributed by atoms with Gasteiger partial charge in [-0.15, -0.1) is 0 Å². The number of nitrogens with zero attached hydrogens (tertiary/aromatic N) is 4. The van der Waals surface area contributed by atoms with Gasteiger partial charge in [0, 0.05) is 30.9 Å². The Morgan fingerprint density at radius 1 is 1.32 bits per heavy atom. The van der Waals surface area contributed by atoms with E-state index in [1.54, 1.807) is 29.2 Å². The summed E-state index contributed by atoms with van der Waals surface area (Å²) in [7, 11) is 0. The third-order valence-electron chi connectivity index (χ3n) is 5.59. The molecule has 0 radical (unpaired) electrons. The van der Waals surface area contributed by atoms with Gasteiger partial charge < -0.3 is 14.8 Å². The number of benzene rings is 1. The molecular weight excluding hydrogens is 354 g/mol. The van der Waals surface area contributed by atoms with Crippen molar-refractivity contribution >= 4 is 11.8 Å². The first-order valence-electron chi connectivity index (χ1n) is 9.71. The zero-order chi connectivity index (χ0) is 19.7. The van der Waals surface area contributed by atoms with Crippen molar-refractivity contribution in [3.8, 4) is 6.07 Å². The molecule has 2 heterocycles. The number of hydrogen-bond donors (Lipinski definition) is 1. The Labute approximate surface area is 164 Å². The predicted octanol–water partition coefficient (Wildman–Crippen LogP) is 2.18. The van der Waals surface area contributed by atoms with Crippen molar-refractivity contribution < 1.29 is 9.59 Å². The van der Waals surface area contributed by atoms with Crippen LogP contribution in [0.25, 0.3) is 0 Å². The van der Waals surface area contributed by atoms with Gasteiger partial charge in [-0.25, -0.2) is 4.98 Å². The predicted molar refractivity (Wildman–Crippen MR) is 102 cm³/mol. The van der Waals surface area contributed by atoms with Gasteiger partial charge in [-0.2, -0.15) is 5.26 Å². The van der Waals surface area contributed by atoms with Crippen molar-refractivity contribution in [3.63, 3.8) is 0 Å². The fourth-order valence-corrected chi connectivity index (χ4v) is 3.79. The molecule has 1 fully saturated rings. The van der Waals surface area contributed by atoms with E-state index in [-0.39, 0.29) is 24.3 Å². The molecule has 4 rings (SSSR count). The summed E-state index contributed by atoms with van der Waals surface area (Å²) in [6.07, 6.45) is 5.49. The van der Waals surface area contributed by atoms with Gasteiger partial charge in [0.25, 0.3) is 5.91 Å². The quantitative estimate of drug-likeness (QED) is 0.884. The van der Waals surface area contributed by atoms with E-state index in [4.69, 9.17) is 5.26 Å². The average molecular weight is 377 g/mol. The van der Waals surface area contributed by atoms with Crippen molar-refractivity contribution in [1.29, 1.82) is 5.26 Å². The summed E-state index contributed by atoms with van der Waals surface area (Å²) in [4.78, 5) is 31.5. The fourth-order valence-electron chi connectivity index (χ4n) is 3.79. The van der Waals surface area contributed by atoms with E-state index in [0.717, 1.165) is 24.4 Å². The van der Waals surface area contributed by atoms with E-state index < -0.39 is 0 Å². The van der Waals surface area contributed by atoms with Crippen molar-refractivity contribution in [2.75, 3.05) is 6.54 Å². The molecule has 144 valence electrons. The van der Waals surface area contributed by atoms with E-state index >= 15 is 0 Å². The fraction of sp³-hybridized carbons (Fsp3) is 0.429. The molecule has 1 saturated carbocycles. The molecule has 0 saturated heterocycles. The van der Waals surface area contributed by atoms with E-state index in [9.17, 15) is 9.59 Å². The number of nitriles is 1. The van der Waals surface area contributed by atoms with Crippen molar-refractivity contribution in [1.82, 2.24) is 19.8 Å². The summed E-state index contributed by atoms with van der Waals surface area (Å²) in [6, 6.07) is 8.95. The average Bonchev–Trinajstić information content (AvgIpc) is 3.08. The number of rotatable bonds is 4. The van der Waals surface area contributed by atoms with Gasteiger partial charge in [0.1, 0.15) is 5.82 Å². The van der Waals surface area contributed by atoms with Crippen molar-refractivity contribution in [2.45, 2.75) is 51.2 Å². The van der Waals surface area contributed by atoms with Crippen LogP contribution >= 0.6 is 0 Å². The summed E-state index contributed by atoms with van der Waals surface area (Å²) in [5.41, 5.74) is 1.71. The molecule has 28 heavy (non-hydrogen) atoms. The molecule has 0 spiro atoms. The lowest BCUT2D eigenvalue weighted by Crippen LogP contribution is -2.41. The van der Waals surface area contributed by atoms with E-state index in [1.165, 1.54) is 6.42 Å². The Kier molecular flexibility index (Phi) is 4.86. The summed E-state index contributed by atoms with van der Waals surface area (Å²) >= 11 is 0. The first-order chi connectivity index (χ1) is 13.5. The highest BCUT2D eigenvalue weighted by Gasteiger charge is 2.30. The molecule has 2 aromatic rings. The lowest BCUT2D eigenvalue weighted by atomic mass is 9.93. The third kappa shape index (κ3) is 3.50. The Morgan fingerprint density at radius 2 is 2.14 bits per heavy atom. The zero-order valence-electron chi connectivity index (χ0n) is 15.9. The van der Waals surface area contributed by atoms with Crippen LogP contribution in [0.1, 0.15) is 59.7 Å². The van der Waals surface area contributed by atoms with Crippen LogP contribution in [0, 0.1) is 11.3 Å². The van der Waals surface area contributed by atoms with Gasteiger partial charge in [-0.1, -0.05) is 6.07 Å². The number of nitrogens with one attached hydrogen (secondary N) is 1. The SMILES string of the molecule is C[C@H]1c2nc(CC(=O)NC3CCC3)cn2CCN1C(=O)c1cccc(C#N)c1. The first kappa shape index (κ1) is 18.2. The highest BCUT2D eigenvalue weighted by Crippen LogP contribution is 2.27. The number of fused-ring (bicyclic) bond motifs is 1. The number of carbonyl (C=O) groups excluding carboxylic acids is 2. The first-order valence-corrected chi connectivity index (χ1v) is 9.71. The monoisotopic (exact) mass is 377 g/mol. The summed E-state index contributed by atoms with van der Waals surface area (Å²) < 4.78 is 2.03. The highest BCUT2D eigenvalue weighted by atomic mass is 16.2. The second kappa shape index (κ2) is 7.47. The minimum atomic E-state index is -0.199. The Hall–Kier alpha value is -3.14. The molecule has 1 atom stereocenters. The minimum Gasteiger partial charge on any atom is -0.353 e. The molecule has 0 bridgehead atoms. The van der Waals surface area contributed by atoms with Crippen molar-refractivity contribution in [3.05, 3.63) is 53.1 Å². The van der Waals surface area contributed by atoms with Gasteiger partial charge in [0.05, 0.1) is 29.8 Å². The normalized spacial score (nSPS) is 18.7. The molecule has 1 aromatic heterocycles. The molecule has 0 unspecified atom stereocenters. The Bertz CT molecular complexity index is 954. The summed E-state index contributed by atoms with van der Waals surface area (Å²) in [6.45, 7) is 3.15. The third-order valence-corrected chi connectivity index (χ3v) is 5.59. The molecule has 1 aromatic carbocycles. The molecule has 7 heteroatoms. The van der Waals surface area contributed by atoms with E-state index in [1.807, 2.05) is 17.7 Å². The van der Waals surface area contributed by atoms with Crippen molar-refractivity contribution in [2.24, 2.45) is 0 Å². The molecule has 2 amide bonds. The van der Waals surface area contributed by atoms with Crippen LogP contribution in [0.15, 0.2) is 30.5 Å². The summed E-state index contributed by atoms with van der Waals surface area (Å²) in [5.74, 6) is 0.694. The van der Waals surface area contributed by atoms with E-state index in [0.29, 0.717) is 30.3 Å².